The molecule has 1 fully saturated rings. The number of nitrogens with zero attached hydrogens (tertiary/aromatic N) is 4. The largest absolute Gasteiger partial charge is 0.319 e. The van der Waals surface area contributed by atoms with Crippen LogP contribution in [0.5, 0.6) is 0 Å². The number of H-pyrrole nitrogens is 1. The number of hydrogen-bond acceptors (Lipinski definition) is 5. The highest BCUT2D eigenvalue weighted by molar-refractivity contribution is 6.02. The minimum Gasteiger partial charge on any atom is -0.319 e. The van der Waals surface area contributed by atoms with Gasteiger partial charge in [0.15, 0.2) is 0 Å². The van der Waals surface area contributed by atoms with E-state index in [4.69, 9.17) is 0 Å². The zero-order valence-corrected chi connectivity index (χ0v) is 11.1. The van der Waals surface area contributed by atoms with Gasteiger partial charge in [0.2, 0.25) is 5.82 Å². The fraction of sp³-hybridized carbons (Fsp3) is 0.214. The zero-order valence-electron chi connectivity index (χ0n) is 11.1. The second-order valence-electron chi connectivity index (χ2n) is 5.03. The minimum absolute atomic E-state index is 0.163. The van der Waals surface area contributed by atoms with Crippen molar-refractivity contribution in [1.29, 1.82) is 0 Å². The maximum absolute atomic E-state index is 12.1. The summed E-state index contributed by atoms with van der Waals surface area (Å²) in [7, 11) is 0. The molecular weight excluding hydrogens is 268 g/mol. The third-order valence-electron chi connectivity index (χ3n) is 3.40. The second kappa shape index (κ2) is 4.62. The molecule has 1 aliphatic rings. The molecule has 1 aliphatic carbocycles. The van der Waals surface area contributed by atoms with Crippen molar-refractivity contribution in [3.63, 3.8) is 0 Å². The van der Waals surface area contributed by atoms with Crippen LogP contribution < -0.4 is 5.32 Å². The number of aromatic amines is 1. The summed E-state index contributed by atoms with van der Waals surface area (Å²) in [4.78, 5) is 24.7. The van der Waals surface area contributed by atoms with E-state index in [1.54, 1.807) is 24.5 Å². The summed E-state index contributed by atoms with van der Waals surface area (Å²) in [6.45, 7) is 0. The molecule has 4 rings (SSSR count). The van der Waals surface area contributed by atoms with Crippen molar-refractivity contribution < 1.29 is 4.79 Å². The Labute approximate surface area is 119 Å². The molecule has 7 nitrogen and oxygen atoms in total. The van der Waals surface area contributed by atoms with E-state index in [2.05, 4.69) is 30.5 Å². The van der Waals surface area contributed by atoms with E-state index in [0.29, 0.717) is 11.6 Å². The second-order valence-corrected chi connectivity index (χ2v) is 5.03. The first-order valence-corrected chi connectivity index (χ1v) is 6.74. The Hall–Kier alpha value is -2.83. The molecule has 0 bridgehead atoms. The number of rotatable bonds is 3. The van der Waals surface area contributed by atoms with E-state index < -0.39 is 0 Å². The van der Waals surface area contributed by atoms with Crippen molar-refractivity contribution in [3.05, 3.63) is 42.2 Å². The van der Waals surface area contributed by atoms with Crippen LogP contribution in [0, 0.1) is 0 Å². The van der Waals surface area contributed by atoms with Crippen LogP contribution >= 0.6 is 0 Å². The lowest BCUT2D eigenvalue weighted by Crippen LogP contribution is -2.13. The number of hydrogen-bond donors (Lipinski definition) is 2. The number of nitrogens with one attached hydrogen (secondary N) is 2. The average molecular weight is 280 g/mol. The van der Waals surface area contributed by atoms with Gasteiger partial charge in [-0.1, -0.05) is 0 Å². The zero-order chi connectivity index (χ0) is 14.2. The predicted octanol–water partition coefficient (Wildman–Crippen LogP) is 1.88. The monoisotopic (exact) mass is 280 g/mol. The molecule has 0 unspecified atom stereocenters. The molecule has 0 atom stereocenters. The predicted molar refractivity (Wildman–Crippen MR) is 75.8 cm³/mol. The topological polar surface area (TPSA) is 96.5 Å². The molecule has 0 radical (unpaired) electrons. The Morgan fingerprint density at radius 3 is 2.81 bits per heavy atom. The third-order valence-corrected chi connectivity index (χ3v) is 3.40. The first-order valence-electron chi connectivity index (χ1n) is 6.74. The van der Waals surface area contributed by atoms with E-state index in [1.165, 1.54) is 0 Å². The van der Waals surface area contributed by atoms with E-state index in [0.717, 1.165) is 29.7 Å². The Balaban J connectivity index is 1.56. The van der Waals surface area contributed by atoms with Gasteiger partial charge in [-0.25, -0.2) is 4.98 Å². The standard InChI is InChI=1S/C14H12N6O/c21-14(13-18-12(19-20-13)8-1-2-8)17-9-3-4-10-11(7-9)16-6-5-15-10/h3-8H,1-2H2,(H,17,21)(H,18,19,20). The Bertz CT molecular complexity index is 823. The van der Waals surface area contributed by atoms with Crippen LogP contribution in [0.1, 0.15) is 35.2 Å². The van der Waals surface area contributed by atoms with Gasteiger partial charge in [-0.3, -0.25) is 19.9 Å². The summed E-state index contributed by atoms with van der Waals surface area (Å²) in [6.07, 6.45) is 5.47. The number of aromatic nitrogens is 5. The highest BCUT2D eigenvalue weighted by atomic mass is 16.2. The SMILES string of the molecule is O=C(Nc1ccc2nccnc2c1)c1n[nH]c(C2CC2)n1. The number of anilines is 1. The lowest BCUT2D eigenvalue weighted by molar-refractivity contribution is 0.101. The molecule has 21 heavy (non-hydrogen) atoms. The van der Waals surface area contributed by atoms with Gasteiger partial charge in [-0.05, 0) is 31.0 Å². The van der Waals surface area contributed by atoms with E-state index in [9.17, 15) is 4.79 Å². The van der Waals surface area contributed by atoms with Gasteiger partial charge < -0.3 is 5.32 Å². The van der Waals surface area contributed by atoms with E-state index in [-0.39, 0.29) is 11.7 Å². The molecule has 2 heterocycles. The fourth-order valence-electron chi connectivity index (χ4n) is 2.14. The molecule has 104 valence electrons. The number of benzene rings is 1. The molecule has 0 spiro atoms. The van der Waals surface area contributed by atoms with Gasteiger partial charge in [-0.2, -0.15) is 0 Å². The lowest BCUT2D eigenvalue weighted by atomic mass is 10.2. The van der Waals surface area contributed by atoms with Gasteiger partial charge in [0.25, 0.3) is 5.91 Å². The number of fused-ring (bicyclic) bond motifs is 1. The van der Waals surface area contributed by atoms with Crippen molar-refractivity contribution in [1.82, 2.24) is 25.1 Å². The molecule has 1 saturated carbocycles. The smallest absolute Gasteiger partial charge is 0.295 e. The van der Waals surface area contributed by atoms with Crippen LogP contribution in [0.3, 0.4) is 0 Å². The van der Waals surface area contributed by atoms with Gasteiger partial charge in [0, 0.05) is 24.0 Å². The van der Waals surface area contributed by atoms with Crippen molar-refractivity contribution >= 4 is 22.6 Å². The van der Waals surface area contributed by atoms with Crippen LogP contribution in [0.25, 0.3) is 11.0 Å². The highest BCUT2D eigenvalue weighted by Gasteiger charge is 2.28. The van der Waals surface area contributed by atoms with Gasteiger partial charge >= 0.3 is 0 Å². The minimum atomic E-state index is -0.332. The summed E-state index contributed by atoms with van der Waals surface area (Å²) >= 11 is 0. The molecule has 2 N–H and O–H groups in total. The van der Waals surface area contributed by atoms with Crippen LogP contribution in [0.2, 0.25) is 0 Å². The quantitative estimate of drug-likeness (QED) is 0.763. The number of carbonyl (C=O) groups excluding carboxylic acids is 1. The lowest BCUT2D eigenvalue weighted by Gasteiger charge is -2.03. The van der Waals surface area contributed by atoms with Crippen LogP contribution in [-0.4, -0.2) is 31.1 Å². The van der Waals surface area contributed by atoms with Crippen LogP contribution in [-0.2, 0) is 0 Å². The normalized spacial score (nSPS) is 14.3. The van der Waals surface area contributed by atoms with Crippen LogP contribution in [0.4, 0.5) is 5.69 Å². The van der Waals surface area contributed by atoms with Gasteiger partial charge in [0.05, 0.1) is 11.0 Å². The highest BCUT2D eigenvalue weighted by Crippen LogP contribution is 2.37. The molecular formula is C14H12N6O. The Morgan fingerprint density at radius 1 is 1.19 bits per heavy atom. The maximum Gasteiger partial charge on any atom is 0.295 e. The van der Waals surface area contributed by atoms with E-state index in [1.807, 2.05) is 6.07 Å². The molecule has 1 amide bonds. The molecule has 2 aromatic heterocycles. The number of carbonyl (C=O) groups is 1. The Morgan fingerprint density at radius 2 is 2.00 bits per heavy atom. The summed E-state index contributed by atoms with van der Waals surface area (Å²) in [5.41, 5.74) is 2.15. The summed E-state index contributed by atoms with van der Waals surface area (Å²) in [5.74, 6) is 1.07. The number of amides is 1. The van der Waals surface area contributed by atoms with Crippen LogP contribution in [0.15, 0.2) is 30.6 Å². The molecule has 7 heteroatoms. The van der Waals surface area contributed by atoms with E-state index >= 15 is 0 Å². The van der Waals surface area contributed by atoms with Crippen molar-refractivity contribution in [2.75, 3.05) is 5.32 Å². The summed E-state index contributed by atoms with van der Waals surface area (Å²) in [5, 5.41) is 9.55. The third kappa shape index (κ3) is 2.33. The molecule has 0 aliphatic heterocycles. The molecule has 0 saturated heterocycles. The summed E-state index contributed by atoms with van der Waals surface area (Å²) < 4.78 is 0. The van der Waals surface area contributed by atoms with Crippen molar-refractivity contribution in [2.24, 2.45) is 0 Å². The van der Waals surface area contributed by atoms with Crippen molar-refractivity contribution in [2.45, 2.75) is 18.8 Å². The molecule has 3 aromatic rings. The van der Waals surface area contributed by atoms with Gasteiger partial charge in [-0.15, -0.1) is 5.10 Å². The maximum atomic E-state index is 12.1. The van der Waals surface area contributed by atoms with Crippen molar-refractivity contribution in [3.8, 4) is 0 Å². The van der Waals surface area contributed by atoms with Gasteiger partial charge in [0.1, 0.15) is 5.82 Å². The summed E-state index contributed by atoms with van der Waals surface area (Å²) in [6, 6.07) is 5.36. The average Bonchev–Trinajstić information content (AvgIpc) is 3.24. The molecule has 1 aromatic carbocycles. The Kier molecular flexibility index (Phi) is 2.63. The first kappa shape index (κ1) is 12.0. The fourth-order valence-corrected chi connectivity index (χ4v) is 2.14. The first-order chi connectivity index (χ1) is 10.3.